The Morgan fingerprint density at radius 3 is 2.90 bits per heavy atom. The molecule has 1 amide bonds. The second kappa shape index (κ2) is 6.15. The van der Waals surface area contributed by atoms with Crippen molar-refractivity contribution < 1.29 is 19.4 Å². The van der Waals surface area contributed by atoms with Crippen LogP contribution in [0.1, 0.15) is 41.1 Å². The van der Waals surface area contributed by atoms with E-state index in [-0.39, 0.29) is 12.5 Å². The van der Waals surface area contributed by atoms with E-state index < -0.39 is 11.5 Å². The van der Waals surface area contributed by atoms with Gasteiger partial charge in [-0.25, -0.2) is 4.79 Å². The van der Waals surface area contributed by atoms with E-state index in [0.717, 1.165) is 24.8 Å². The van der Waals surface area contributed by atoms with E-state index in [1.54, 1.807) is 11.3 Å². The van der Waals surface area contributed by atoms with Gasteiger partial charge in [0.1, 0.15) is 0 Å². The van der Waals surface area contributed by atoms with Crippen LogP contribution in [0.2, 0.25) is 0 Å². The fraction of sp³-hybridized carbons (Fsp3) is 0.600. The minimum absolute atomic E-state index is 0.0720. The molecule has 5 nitrogen and oxygen atoms in total. The van der Waals surface area contributed by atoms with Crippen LogP contribution >= 0.6 is 11.3 Å². The van der Waals surface area contributed by atoms with E-state index in [0.29, 0.717) is 11.5 Å². The zero-order valence-corrected chi connectivity index (χ0v) is 13.4. The number of methoxy groups -OCH3 is 1. The number of hydrogen-bond acceptors (Lipinski definition) is 4. The van der Waals surface area contributed by atoms with Gasteiger partial charge >= 0.3 is 5.97 Å². The van der Waals surface area contributed by atoms with Gasteiger partial charge in [0.2, 0.25) is 0 Å². The number of aliphatic carboxylic acids is 1. The van der Waals surface area contributed by atoms with Gasteiger partial charge in [-0.2, -0.15) is 0 Å². The highest BCUT2D eigenvalue weighted by atomic mass is 32.1. The van der Waals surface area contributed by atoms with Crippen LogP contribution in [-0.4, -0.2) is 36.2 Å². The Morgan fingerprint density at radius 1 is 1.57 bits per heavy atom. The summed E-state index contributed by atoms with van der Waals surface area (Å²) in [6, 6.07) is 0. The summed E-state index contributed by atoms with van der Waals surface area (Å²) in [6.07, 6.45) is 2.96. The first-order valence-electron chi connectivity index (χ1n) is 7.01. The van der Waals surface area contributed by atoms with Crippen LogP contribution in [0, 0.1) is 5.92 Å². The molecule has 0 aliphatic heterocycles. The molecule has 1 aromatic heterocycles. The standard InChI is InChI=1S/C15H21NO4S/c1-9-4-5-10-11(7-21-12(10)6-9)13(17)16-15(2,8-20-3)14(18)19/h7,9H,4-6,8H2,1-3H3,(H,16,17)(H,18,19). The van der Waals surface area contributed by atoms with Gasteiger partial charge in [0, 0.05) is 17.4 Å². The highest BCUT2D eigenvalue weighted by Crippen LogP contribution is 2.32. The van der Waals surface area contributed by atoms with Crippen LogP contribution in [0.3, 0.4) is 0 Å². The molecule has 2 rings (SSSR count). The average Bonchev–Trinajstić information content (AvgIpc) is 2.81. The van der Waals surface area contributed by atoms with Crippen LogP contribution in [0.15, 0.2) is 5.38 Å². The summed E-state index contributed by atoms with van der Waals surface area (Å²) in [7, 11) is 1.42. The lowest BCUT2D eigenvalue weighted by Crippen LogP contribution is -2.55. The van der Waals surface area contributed by atoms with E-state index >= 15 is 0 Å². The van der Waals surface area contributed by atoms with Crippen LogP contribution in [-0.2, 0) is 22.4 Å². The van der Waals surface area contributed by atoms with Gasteiger partial charge in [-0.05, 0) is 37.7 Å². The molecule has 1 aliphatic carbocycles. The molecule has 2 atom stereocenters. The number of ether oxygens (including phenoxy) is 1. The van der Waals surface area contributed by atoms with Crippen molar-refractivity contribution in [3.05, 3.63) is 21.4 Å². The molecule has 1 heterocycles. The van der Waals surface area contributed by atoms with Crippen LogP contribution in [0.5, 0.6) is 0 Å². The number of nitrogens with one attached hydrogen (secondary N) is 1. The number of rotatable bonds is 5. The Morgan fingerprint density at radius 2 is 2.29 bits per heavy atom. The average molecular weight is 311 g/mol. The molecular weight excluding hydrogens is 290 g/mol. The molecule has 0 saturated carbocycles. The zero-order chi connectivity index (χ0) is 15.6. The second-order valence-corrected chi connectivity index (χ2v) is 6.89. The fourth-order valence-electron chi connectivity index (χ4n) is 2.63. The molecule has 21 heavy (non-hydrogen) atoms. The molecule has 1 aromatic rings. The van der Waals surface area contributed by atoms with Crippen molar-refractivity contribution >= 4 is 23.2 Å². The van der Waals surface area contributed by atoms with E-state index in [4.69, 9.17) is 4.74 Å². The maximum Gasteiger partial charge on any atom is 0.331 e. The molecule has 2 unspecified atom stereocenters. The smallest absolute Gasteiger partial charge is 0.331 e. The van der Waals surface area contributed by atoms with Crippen molar-refractivity contribution in [2.45, 2.75) is 38.6 Å². The number of thiophene rings is 1. The number of fused-ring (bicyclic) bond motifs is 1. The largest absolute Gasteiger partial charge is 0.479 e. The Hall–Kier alpha value is -1.40. The van der Waals surface area contributed by atoms with Gasteiger partial charge in [0.25, 0.3) is 5.91 Å². The van der Waals surface area contributed by atoms with Crippen LogP contribution in [0.4, 0.5) is 0 Å². The molecule has 0 spiro atoms. The third kappa shape index (κ3) is 3.27. The van der Waals surface area contributed by atoms with Crippen molar-refractivity contribution in [1.29, 1.82) is 0 Å². The third-order valence-electron chi connectivity index (χ3n) is 3.94. The number of carboxylic acids is 1. The summed E-state index contributed by atoms with van der Waals surface area (Å²) < 4.78 is 4.92. The number of carbonyl (C=O) groups is 2. The van der Waals surface area contributed by atoms with Crippen molar-refractivity contribution in [3.63, 3.8) is 0 Å². The molecule has 1 aliphatic rings. The summed E-state index contributed by atoms with van der Waals surface area (Å²) in [5.74, 6) is -0.788. The van der Waals surface area contributed by atoms with E-state index in [1.807, 2.05) is 5.38 Å². The lowest BCUT2D eigenvalue weighted by molar-refractivity contribution is -0.145. The van der Waals surface area contributed by atoms with Gasteiger partial charge in [-0.1, -0.05) is 6.92 Å². The molecule has 6 heteroatoms. The van der Waals surface area contributed by atoms with E-state index in [2.05, 4.69) is 12.2 Å². The first-order valence-corrected chi connectivity index (χ1v) is 7.89. The fourth-order valence-corrected chi connectivity index (χ4v) is 3.87. The van der Waals surface area contributed by atoms with Crippen LogP contribution in [0.25, 0.3) is 0 Å². The van der Waals surface area contributed by atoms with Crippen molar-refractivity contribution in [2.75, 3.05) is 13.7 Å². The topological polar surface area (TPSA) is 75.6 Å². The molecule has 0 bridgehead atoms. The van der Waals surface area contributed by atoms with Gasteiger partial charge in [-0.3, -0.25) is 4.79 Å². The Labute approximate surface area is 128 Å². The maximum absolute atomic E-state index is 12.4. The zero-order valence-electron chi connectivity index (χ0n) is 12.6. The summed E-state index contributed by atoms with van der Waals surface area (Å²) in [6.45, 7) is 3.59. The number of amides is 1. The van der Waals surface area contributed by atoms with Gasteiger partial charge < -0.3 is 15.2 Å². The van der Waals surface area contributed by atoms with E-state index in [1.165, 1.54) is 18.9 Å². The van der Waals surface area contributed by atoms with E-state index in [9.17, 15) is 14.7 Å². The monoisotopic (exact) mass is 311 g/mol. The first kappa shape index (κ1) is 16.0. The molecule has 0 saturated heterocycles. The first-order chi connectivity index (χ1) is 9.87. The molecule has 2 N–H and O–H groups in total. The SMILES string of the molecule is COCC(C)(NC(=O)c1csc2c1CCC(C)C2)C(=O)O. The third-order valence-corrected chi connectivity index (χ3v) is 4.99. The highest BCUT2D eigenvalue weighted by molar-refractivity contribution is 7.10. The predicted octanol–water partition coefficient (Wildman–Crippen LogP) is 2.09. The maximum atomic E-state index is 12.4. The number of hydrogen-bond donors (Lipinski definition) is 2. The quantitative estimate of drug-likeness (QED) is 0.873. The van der Waals surface area contributed by atoms with Gasteiger partial charge in [0.05, 0.1) is 12.2 Å². The summed E-state index contributed by atoms with van der Waals surface area (Å²) >= 11 is 1.59. The number of carbonyl (C=O) groups excluding carboxylic acids is 1. The molecule has 116 valence electrons. The predicted molar refractivity (Wildman–Crippen MR) is 80.9 cm³/mol. The van der Waals surface area contributed by atoms with Crippen molar-refractivity contribution in [1.82, 2.24) is 5.32 Å². The Bertz CT molecular complexity index is 554. The lowest BCUT2D eigenvalue weighted by atomic mass is 9.88. The second-order valence-electron chi connectivity index (χ2n) is 5.92. The molecule has 0 radical (unpaired) electrons. The summed E-state index contributed by atoms with van der Waals surface area (Å²) in [4.78, 5) is 25.0. The number of carboxylic acid groups (broad SMARTS) is 1. The highest BCUT2D eigenvalue weighted by Gasteiger charge is 2.36. The van der Waals surface area contributed by atoms with Crippen molar-refractivity contribution in [3.8, 4) is 0 Å². The minimum Gasteiger partial charge on any atom is -0.479 e. The Balaban J connectivity index is 2.19. The van der Waals surface area contributed by atoms with Gasteiger partial charge in [-0.15, -0.1) is 11.3 Å². The molecule has 0 aromatic carbocycles. The van der Waals surface area contributed by atoms with Crippen LogP contribution < -0.4 is 5.32 Å². The summed E-state index contributed by atoms with van der Waals surface area (Å²) in [5.41, 5.74) is 0.286. The summed E-state index contributed by atoms with van der Waals surface area (Å²) in [5, 5.41) is 13.7. The Kier molecular flexibility index (Phi) is 4.68. The lowest BCUT2D eigenvalue weighted by Gasteiger charge is -2.26. The normalized spacial score (nSPS) is 20.4. The molecule has 0 fully saturated rings. The van der Waals surface area contributed by atoms with Crippen molar-refractivity contribution in [2.24, 2.45) is 5.92 Å². The minimum atomic E-state index is -1.41. The van der Waals surface area contributed by atoms with Gasteiger partial charge in [0.15, 0.2) is 5.54 Å². The molecular formula is C15H21NO4S.